The zero-order chi connectivity index (χ0) is 23.4. The van der Waals surface area contributed by atoms with E-state index in [2.05, 4.69) is 15.2 Å². The molecule has 1 saturated heterocycles. The van der Waals surface area contributed by atoms with Crippen molar-refractivity contribution in [3.63, 3.8) is 0 Å². The maximum absolute atomic E-state index is 13.0. The molecule has 4 nitrogen and oxygen atoms in total. The highest BCUT2D eigenvalue weighted by Crippen LogP contribution is 2.32. The predicted octanol–water partition coefficient (Wildman–Crippen LogP) is 5.82. The summed E-state index contributed by atoms with van der Waals surface area (Å²) in [6.07, 6.45) is -0.993. The van der Waals surface area contributed by atoms with E-state index in [4.69, 9.17) is 11.6 Å². The van der Waals surface area contributed by atoms with E-state index in [1.807, 2.05) is 6.07 Å². The first kappa shape index (κ1) is 23.3. The highest BCUT2D eigenvalue weighted by molar-refractivity contribution is 6.29. The number of amides is 1. The fourth-order valence-corrected chi connectivity index (χ4v) is 4.14. The molecule has 0 saturated carbocycles. The van der Waals surface area contributed by atoms with Gasteiger partial charge in [-0.1, -0.05) is 48.0 Å². The lowest BCUT2D eigenvalue weighted by Crippen LogP contribution is -2.44. The van der Waals surface area contributed by atoms with Crippen LogP contribution in [0.3, 0.4) is 0 Å². The lowest BCUT2D eigenvalue weighted by molar-refractivity contribution is -0.137. The Bertz CT molecular complexity index is 1090. The van der Waals surface area contributed by atoms with Gasteiger partial charge in [-0.25, -0.2) is 4.98 Å². The zero-order valence-electron chi connectivity index (χ0n) is 17.8. The van der Waals surface area contributed by atoms with Gasteiger partial charge in [0, 0.05) is 37.4 Å². The SMILES string of the molecule is O=C(NC1CCN(Cc2ccc(Cl)nc2)CC1)c1ccccc1-c1ccc(C(F)(F)F)cc1. The molecule has 0 radical (unpaired) electrons. The Morgan fingerprint density at radius 2 is 1.73 bits per heavy atom. The number of pyridine rings is 1. The fraction of sp³-hybridized carbons (Fsp3) is 0.280. The molecule has 0 bridgehead atoms. The largest absolute Gasteiger partial charge is 0.416 e. The Morgan fingerprint density at radius 3 is 2.36 bits per heavy atom. The molecule has 1 fully saturated rings. The Balaban J connectivity index is 1.38. The molecule has 1 aliphatic rings. The molecule has 1 amide bonds. The van der Waals surface area contributed by atoms with E-state index in [-0.39, 0.29) is 11.9 Å². The molecule has 2 aromatic carbocycles. The second-order valence-electron chi connectivity index (χ2n) is 8.13. The van der Waals surface area contributed by atoms with Crippen molar-refractivity contribution in [1.29, 1.82) is 0 Å². The third-order valence-electron chi connectivity index (χ3n) is 5.81. The van der Waals surface area contributed by atoms with Gasteiger partial charge in [-0.3, -0.25) is 9.69 Å². The first-order chi connectivity index (χ1) is 15.8. The van der Waals surface area contributed by atoms with E-state index in [1.54, 1.807) is 36.5 Å². The minimum Gasteiger partial charge on any atom is -0.349 e. The van der Waals surface area contributed by atoms with Crippen molar-refractivity contribution >= 4 is 17.5 Å². The summed E-state index contributed by atoms with van der Waals surface area (Å²) in [5.41, 5.74) is 2.00. The Hall–Kier alpha value is -2.90. The number of carbonyl (C=O) groups is 1. The van der Waals surface area contributed by atoms with Gasteiger partial charge in [0.1, 0.15) is 5.15 Å². The minimum absolute atomic E-state index is 0.0396. The van der Waals surface area contributed by atoms with Gasteiger partial charge in [0.05, 0.1) is 5.56 Å². The van der Waals surface area contributed by atoms with Gasteiger partial charge in [0.2, 0.25) is 0 Å². The number of carbonyl (C=O) groups excluding carboxylic acids is 1. The number of alkyl halides is 3. The van der Waals surface area contributed by atoms with Crippen molar-refractivity contribution in [2.45, 2.75) is 31.6 Å². The molecule has 0 spiro atoms. The van der Waals surface area contributed by atoms with Crippen LogP contribution in [-0.2, 0) is 12.7 Å². The summed E-state index contributed by atoms with van der Waals surface area (Å²) >= 11 is 5.84. The molecule has 2 heterocycles. The van der Waals surface area contributed by atoms with E-state index in [1.165, 1.54) is 12.1 Å². The van der Waals surface area contributed by atoms with Crippen molar-refractivity contribution in [2.24, 2.45) is 0 Å². The molecule has 0 atom stereocenters. The van der Waals surface area contributed by atoms with Crippen LogP contribution in [0.4, 0.5) is 13.2 Å². The topological polar surface area (TPSA) is 45.2 Å². The summed E-state index contributed by atoms with van der Waals surface area (Å²) in [4.78, 5) is 19.4. The molecule has 1 aromatic heterocycles. The second-order valence-corrected chi connectivity index (χ2v) is 8.52. The number of benzene rings is 2. The Kier molecular flexibility index (Phi) is 7.00. The van der Waals surface area contributed by atoms with E-state index in [9.17, 15) is 18.0 Å². The molecule has 8 heteroatoms. The molecule has 33 heavy (non-hydrogen) atoms. The summed E-state index contributed by atoms with van der Waals surface area (Å²) in [5.74, 6) is -0.217. The number of nitrogens with zero attached hydrogens (tertiary/aromatic N) is 2. The van der Waals surface area contributed by atoms with Crippen LogP contribution in [0.1, 0.15) is 34.3 Å². The molecular weight excluding hydrogens is 451 g/mol. The van der Waals surface area contributed by atoms with E-state index < -0.39 is 11.7 Å². The summed E-state index contributed by atoms with van der Waals surface area (Å²) < 4.78 is 38.6. The Morgan fingerprint density at radius 1 is 1.03 bits per heavy atom. The Labute approximate surface area is 195 Å². The van der Waals surface area contributed by atoms with Crippen molar-refractivity contribution in [3.8, 4) is 11.1 Å². The summed E-state index contributed by atoms with van der Waals surface area (Å²) in [5, 5.41) is 3.57. The van der Waals surface area contributed by atoms with Crippen LogP contribution in [0.2, 0.25) is 5.15 Å². The van der Waals surface area contributed by atoms with Gasteiger partial charge in [-0.15, -0.1) is 0 Å². The maximum atomic E-state index is 13.0. The van der Waals surface area contributed by atoms with E-state index in [0.717, 1.165) is 50.2 Å². The van der Waals surface area contributed by atoms with Crippen LogP contribution in [0.5, 0.6) is 0 Å². The first-order valence-corrected chi connectivity index (χ1v) is 11.1. The number of rotatable bonds is 5. The van der Waals surface area contributed by atoms with Crippen LogP contribution < -0.4 is 5.32 Å². The predicted molar refractivity (Wildman–Crippen MR) is 122 cm³/mol. The van der Waals surface area contributed by atoms with Crippen molar-refractivity contribution in [1.82, 2.24) is 15.2 Å². The number of hydrogen-bond acceptors (Lipinski definition) is 3. The summed E-state index contributed by atoms with van der Waals surface area (Å²) in [7, 11) is 0. The maximum Gasteiger partial charge on any atom is 0.416 e. The number of halogens is 4. The summed E-state index contributed by atoms with van der Waals surface area (Å²) in [6, 6.07) is 15.6. The average Bonchev–Trinajstić information content (AvgIpc) is 2.81. The highest BCUT2D eigenvalue weighted by atomic mass is 35.5. The van der Waals surface area contributed by atoms with Crippen molar-refractivity contribution < 1.29 is 18.0 Å². The van der Waals surface area contributed by atoms with E-state index >= 15 is 0 Å². The molecule has 172 valence electrons. The van der Waals surface area contributed by atoms with Crippen molar-refractivity contribution in [3.05, 3.63) is 88.7 Å². The number of hydrogen-bond donors (Lipinski definition) is 1. The third kappa shape index (κ3) is 5.92. The number of piperidine rings is 1. The molecule has 4 rings (SSSR count). The number of aromatic nitrogens is 1. The normalized spacial score (nSPS) is 15.4. The van der Waals surface area contributed by atoms with Gasteiger partial charge in [0.15, 0.2) is 0 Å². The van der Waals surface area contributed by atoms with Gasteiger partial charge in [-0.05, 0) is 53.8 Å². The van der Waals surface area contributed by atoms with Gasteiger partial charge >= 0.3 is 6.18 Å². The van der Waals surface area contributed by atoms with Crippen LogP contribution in [0, 0.1) is 0 Å². The molecule has 1 N–H and O–H groups in total. The van der Waals surface area contributed by atoms with Crippen LogP contribution in [-0.4, -0.2) is 34.9 Å². The minimum atomic E-state index is -4.39. The molecular formula is C25H23ClF3N3O. The van der Waals surface area contributed by atoms with Gasteiger partial charge in [-0.2, -0.15) is 13.2 Å². The molecule has 3 aromatic rings. The van der Waals surface area contributed by atoms with Crippen LogP contribution >= 0.6 is 11.6 Å². The van der Waals surface area contributed by atoms with E-state index in [0.29, 0.717) is 21.8 Å². The third-order valence-corrected chi connectivity index (χ3v) is 6.04. The number of likely N-dealkylation sites (tertiary alicyclic amines) is 1. The lowest BCUT2D eigenvalue weighted by atomic mass is 9.97. The monoisotopic (exact) mass is 473 g/mol. The zero-order valence-corrected chi connectivity index (χ0v) is 18.5. The molecule has 0 aliphatic carbocycles. The quantitative estimate of drug-likeness (QED) is 0.475. The highest BCUT2D eigenvalue weighted by Gasteiger charge is 2.30. The number of nitrogens with one attached hydrogen (secondary N) is 1. The van der Waals surface area contributed by atoms with Gasteiger partial charge in [0.25, 0.3) is 5.91 Å². The van der Waals surface area contributed by atoms with Gasteiger partial charge < -0.3 is 5.32 Å². The van der Waals surface area contributed by atoms with Crippen LogP contribution in [0.15, 0.2) is 66.9 Å². The van der Waals surface area contributed by atoms with Crippen molar-refractivity contribution in [2.75, 3.05) is 13.1 Å². The second kappa shape index (κ2) is 9.93. The van der Waals surface area contributed by atoms with Crippen LogP contribution in [0.25, 0.3) is 11.1 Å². The summed E-state index contributed by atoms with van der Waals surface area (Å²) in [6.45, 7) is 2.46. The average molecular weight is 474 g/mol. The first-order valence-electron chi connectivity index (χ1n) is 10.7. The standard InChI is InChI=1S/C25H23ClF3N3O/c26-23-10-5-17(15-30-23)16-32-13-11-20(12-14-32)31-24(33)22-4-2-1-3-21(22)18-6-8-19(9-7-18)25(27,28)29/h1-10,15,20H,11-14,16H2,(H,31,33). The molecule has 1 aliphatic heterocycles. The molecule has 0 unspecified atom stereocenters. The fourth-order valence-electron chi connectivity index (χ4n) is 4.03. The smallest absolute Gasteiger partial charge is 0.349 e. The lowest BCUT2D eigenvalue weighted by Gasteiger charge is -2.32.